The van der Waals surface area contributed by atoms with Gasteiger partial charge < -0.3 is 9.47 Å². The molecule has 2 fully saturated rings. The third kappa shape index (κ3) is 4.02. The van der Waals surface area contributed by atoms with Gasteiger partial charge in [0.1, 0.15) is 6.10 Å². The van der Waals surface area contributed by atoms with E-state index in [0.29, 0.717) is 17.5 Å². The Kier molecular flexibility index (Phi) is 5.49. The van der Waals surface area contributed by atoms with E-state index in [2.05, 4.69) is 9.88 Å². The van der Waals surface area contributed by atoms with Gasteiger partial charge in [-0.15, -0.1) is 0 Å². The molecule has 0 amide bonds. The van der Waals surface area contributed by atoms with Gasteiger partial charge in [0.15, 0.2) is 0 Å². The van der Waals surface area contributed by atoms with Crippen LogP contribution in [0.4, 0.5) is 0 Å². The van der Waals surface area contributed by atoms with Crippen molar-refractivity contribution >= 4 is 5.97 Å². The van der Waals surface area contributed by atoms with Crippen molar-refractivity contribution in [2.24, 2.45) is 0 Å². The number of aromatic nitrogens is 1. The number of ether oxygens (including phenoxy) is 2. The van der Waals surface area contributed by atoms with Gasteiger partial charge in [0, 0.05) is 18.3 Å². The SMILES string of the molecule is COC(=O)c1ccc(O[C@@H]2CCCC[C@H]2N2CCCCC2)nc1. The van der Waals surface area contributed by atoms with E-state index in [1.165, 1.54) is 64.9 Å². The van der Waals surface area contributed by atoms with Crippen LogP contribution in [0.3, 0.4) is 0 Å². The minimum atomic E-state index is -0.368. The number of likely N-dealkylation sites (tertiary alicyclic amines) is 1. The van der Waals surface area contributed by atoms with Crippen molar-refractivity contribution in [2.45, 2.75) is 57.1 Å². The predicted octanol–water partition coefficient (Wildman–Crippen LogP) is 3.04. The summed E-state index contributed by atoms with van der Waals surface area (Å²) in [6.07, 6.45) is 10.5. The summed E-state index contributed by atoms with van der Waals surface area (Å²) in [5, 5.41) is 0. The summed E-state index contributed by atoms with van der Waals surface area (Å²) >= 11 is 0. The van der Waals surface area contributed by atoms with Gasteiger partial charge in [0.05, 0.1) is 12.7 Å². The zero-order chi connectivity index (χ0) is 16.1. The summed E-state index contributed by atoms with van der Waals surface area (Å²) < 4.78 is 10.9. The largest absolute Gasteiger partial charge is 0.473 e. The van der Waals surface area contributed by atoms with Crippen LogP contribution in [0.25, 0.3) is 0 Å². The molecular weight excluding hydrogens is 292 g/mol. The Morgan fingerprint density at radius 1 is 1.13 bits per heavy atom. The van der Waals surface area contributed by atoms with Crippen molar-refractivity contribution in [1.29, 1.82) is 0 Å². The highest BCUT2D eigenvalue weighted by Crippen LogP contribution is 2.28. The molecule has 0 N–H and O–H groups in total. The van der Waals surface area contributed by atoms with E-state index in [-0.39, 0.29) is 12.1 Å². The number of carbonyl (C=O) groups excluding carboxylic acids is 1. The lowest BCUT2D eigenvalue weighted by Crippen LogP contribution is -2.49. The first-order valence-electron chi connectivity index (χ1n) is 8.73. The van der Waals surface area contributed by atoms with Gasteiger partial charge in [0.2, 0.25) is 5.88 Å². The Balaban J connectivity index is 1.65. The van der Waals surface area contributed by atoms with E-state index < -0.39 is 0 Å². The maximum atomic E-state index is 11.5. The highest BCUT2D eigenvalue weighted by atomic mass is 16.5. The Bertz CT molecular complexity index is 512. The normalized spacial score (nSPS) is 25.8. The molecule has 0 unspecified atom stereocenters. The van der Waals surface area contributed by atoms with E-state index in [1.54, 1.807) is 12.1 Å². The molecule has 5 nitrogen and oxygen atoms in total. The van der Waals surface area contributed by atoms with Crippen LogP contribution in [-0.4, -0.2) is 48.2 Å². The standard InChI is InChI=1S/C18H26N2O3/c1-22-18(21)14-9-10-17(19-13-14)23-16-8-4-3-7-15(16)20-11-5-2-6-12-20/h9-10,13,15-16H,2-8,11-12H2,1H3/t15-,16-/m1/s1. The lowest BCUT2D eigenvalue weighted by atomic mass is 9.90. The van der Waals surface area contributed by atoms with Gasteiger partial charge in [-0.2, -0.15) is 0 Å². The van der Waals surface area contributed by atoms with E-state index in [1.807, 2.05) is 0 Å². The van der Waals surface area contributed by atoms with Gasteiger partial charge in [0.25, 0.3) is 0 Å². The highest BCUT2D eigenvalue weighted by molar-refractivity contribution is 5.88. The molecule has 23 heavy (non-hydrogen) atoms. The molecule has 0 aromatic carbocycles. The molecule has 5 heteroatoms. The number of hydrogen-bond donors (Lipinski definition) is 0. The molecule has 1 saturated heterocycles. The zero-order valence-corrected chi connectivity index (χ0v) is 13.9. The molecule has 3 rings (SSSR count). The van der Waals surface area contributed by atoms with Crippen LogP contribution in [0, 0.1) is 0 Å². The number of hydrogen-bond acceptors (Lipinski definition) is 5. The number of esters is 1. The van der Waals surface area contributed by atoms with Crippen LogP contribution in [0.2, 0.25) is 0 Å². The van der Waals surface area contributed by atoms with Crippen molar-refractivity contribution < 1.29 is 14.3 Å². The maximum Gasteiger partial charge on any atom is 0.339 e. The number of piperidine rings is 1. The first-order chi connectivity index (χ1) is 11.3. The first-order valence-corrected chi connectivity index (χ1v) is 8.73. The fourth-order valence-corrected chi connectivity index (χ4v) is 3.73. The number of carbonyl (C=O) groups is 1. The molecule has 0 bridgehead atoms. The van der Waals surface area contributed by atoms with Crippen molar-refractivity contribution in [1.82, 2.24) is 9.88 Å². The second-order valence-corrected chi connectivity index (χ2v) is 6.48. The number of rotatable bonds is 4. The average Bonchev–Trinajstić information content (AvgIpc) is 2.63. The average molecular weight is 318 g/mol. The van der Waals surface area contributed by atoms with Gasteiger partial charge in [-0.3, -0.25) is 4.90 Å². The smallest absolute Gasteiger partial charge is 0.339 e. The maximum absolute atomic E-state index is 11.5. The molecule has 1 aromatic heterocycles. The fraction of sp³-hybridized carbons (Fsp3) is 0.667. The second kappa shape index (κ2) is 7.77. The highest BCUT2D eigenvalue weighted by Gasteiger charge is 2.32. The van der Waals surface area contributed by atoms with Gasteiger partial charge in [-0.1, -0.05) is 12.8 Å². The quantitative estimate of drug-likeness (QED) is 0.799. The van der Waals surface area contributed by atoms with E-state index in [0.717, 1.165) is 6.42 Å². The van der Waals surface area contributed by atoms with E-state index in [4.69, 9.17) is 9.47 Å². The zero-order valence-electron chi connectivity index (χ0n) is 13.9. The fourth-order valence-electron chi connectivity index (χ4n) is 3.73. The number of nitrogens with zero attached hydrogens (tertiary/aromatic N) is 2. The number of pyridine rings is 1. The van der Waals surface area contributed by atoms with E-state index >= 15 is 0 Å². The van der Waals surface area contributed by atoms with Crippen molar-refractivity contribution in [3.05, 3.63) is 23.9 Å². The summed E-state index contributed by atoms with van der Waals surface area (Å²) in [6, 6.07) is 3.99. The Morgan fingerprint density at radius 2 is 1.91 bits per heavy atom. The lowest BCUT2D eigenvalue weighted by molar-refractivity contribution is 0.0237. The minimum absolute atomic E-state index is 0.207. The summed E-state index contributed by atoms with van der Waals surface area (Å²) in [5.41, 5.74) is 0.455. The van der Waals surface area contributed by atoms with Gasteiger partial charge in [-0.05, 0) is 51.3 Å². The number of methoxy groups -OCH3 is 1. The molecule has 0 radical (unpaired) electrons. The molecule has 1 aliphatic carbocycles. The monoisotopic (exact) mass is 318 g/mol. The molecule has 0 spiro atoms. The molecule has 2 atom stereocenters. The van der Waals surface area contributed by atoms with Gasteiger partial charge >= 0.3 is 5.97 Å². The van der Waals surface area contributed by atoms with Crippen LogP contribution in [0.5, 0.6) is 5.88 Å². The predicted molar refractivity (Wildman–Crippen MR) is 87.7 cm³/mol. The molecule has 2 heterocycles. The van der Waals surface area contributed by atoms with Crippen molar-refractivity contribution in [2.75, 3.05) is 20.2 Å². The summed E-state index contributed by atoms with van der Waals surface area (Å²) in [7, 11) is 1.37. The Morgan fingerprint density at radius 3 is 2.61 bits per heavy atom. The molecule has 1 aliphatic heterocycles. The van der Waals surface area contributed by atoms with Gasteiger partial charge in [-0.25, -0.2) is 9.78 Å². The Labute approximate surface area is 138 Å². The summed E-state index contributed by atoms with van der Waals surface area (Å²) in [5.74, 6) is 0.236. The summed E-state index contributed by atoms with van der Waals surface area (Å²) in [4.78, 5) is 18.4. The minimum Gasteiger partial charge on any atom is -0.473 e. The Hall–Kier alpha value is -1.62. The summed E-state index contributed by atoms with van der Waals surface area (Å²) in [6.45, 7) is 2.39. The van der Waals surface area contributed by atoms with Crippen LogP contribution in [0.15, 0.2) is 18.3 Å². The first kappa shape index (κ1) is 16.2. The van der Waals surface area contributed by atoms with E-state index in [9.17, 15) is 4.79 Å². The topological polar surface area (TPSA) is 51.7 Å². The molecule has 1 saturated carbocycles. The second-order valence-electron chi connectivity index (χ2n) is 6.48. The van der Waals surface area contributed by atoms with Crippen LogP contribution < -0.4 is 4.74 Å². The van der Waals surface area contributed by atoms with Crippen LogP contribution in [-0.2, 0) is 4.74 Å². The van der Waals surface area contributed by atoms with Crippen LogP contribution in [0.1, 0.15) is 55.3 Å². The third-order valence-electron chi connectivity index (χ3n) is 4.96. The molecule has 1 aromatic rings. The molecule has 126 valence electrons. The van der Waals surface area contributed by atoms with Crippen LogP contribution >= 0.6 is 0 Å². The molecule has 2 aliphatic rings. The molecular formula is C18H26N2O3. The third-order valence-corrected chi connectivity index (χ3v) is 4.96. The van der Waals surface area contributed by atoms with Crippen molar-refractivity contribution in [3.63, 3.8) is 0 Å². The lowest BCUT2D eigenvalue weighted by Gasteiger charge is -2.41. The van der Waals surface area contributed by atoms with Crippen molar-refractivity contribution in [3.8, 4) is 5.88 Å².